The lowest BCUT2D eigenvalue weighted by Crippen LogP contribution is -2.09. The summed E-state index contributed by atoms with van der Waals surface area (Å²) in [5.41, 5.74) is 0.581. The molecule has 0 spiro atoms. The van der Waals surface area contributed by atoms with E-state index < -0.39 is 11.7 Å². The highest BCUT2D eigenvalue weighted by Gasteiger charge is 2.38. The van der Waals surface area contributed by atoms with E-state index in [4.69, 9.17) is 5.26 Å². The van der Waals surface area contributed by atoms with Crippen LogP contribution in [0.25, 0.3) is 10.9 Å². The first-order valence-electron chi connectivity index (χ1n) is 7.62. The van der Waals surface area contributed by atoms with Crippen LogP contribution in [-0.2, 0) is 12.7 Å². The quantitative estimate of drug-likeness (QED) is 0.799. The van der Waals surface area contributed by atoms with Crippen LogP contribution in [0.5, 0.6) is 0 Å². The van der Waals surface area contributed by atoms with Gasteiger partial charge >= 0.3 is 6.18 Å². The Morgan fingerprint density at radius 3 is 2.45 bits per heavy atom. The summed E-state index contributed by atoms with van der Waals surface area (Å²) in [6.45, 7) is 0.804. The molecule has 2 saturated carbocycles. The van der Waals surface area contributed by atoms with Crippen LogP contribution >= 0.6 is 0 Å². The minimum absolute atomic E-state index is 0.189. The molecule has 1 aromatic carbocycles. The zero-order valence-corrected chi connectivity index (χ0v) is 12.0. The summed E-state index contributed by atoms with van der Waals surface area (Å²) in [4.78, 5) is 0. The summed E-state index contributed by atoms with van der Waals surface area (Å²) in [6.07, 6.45) is -0.0869. The van der Waals surface area contributed by atoms with Crippen molar-refractivity contribution in [2.75, 3.05) is 0 Å². The Hall–Kier alpha value is -1.96. The second-order valence-corrected chi connectivity index (χ2v) is 6.43. The Bertz CT molecular complexity index is 787. The number of hydrogen-bond acceptors (Lipinski definition) is 1. The molecule has 0 saturated heterocycles. The van der Waals surface area contributed by atoms with E-state index in [-0.39, 0.29) is 10.9 Å². The number of hydrogen-bond donors (Lipinski definition) is 0. The first kappa shape index (κ1) is 13.7. The van der Waals surface area contributed by atoms with Crippen LogP contribution in [0.3, 0.4) is 0 Å². The molecule has 1 heterocycles. The standard InChI is InChI=1S/C17H15F3N2/c18-17(19,20)16-12(8-21)5-6-14-13(16)7-15(11-3-4-11)22(14)9-10-1-2-10/h5-7,10-11H,1-4,9H2. The molecule has 1 aromatic heterocycles. The summed E-state index contributed by atoms with van der Waals surface area (Å²) in [5, 5.41) is 9.23. The largest absolute Gasteiger partial charge is 0.418 e. The van der Waals surface area contributed by atoms with Gasteiger partial charge in [0.15, 0.2) is 0 Å². The molecule has 0 N–H and O–H groups in total. The summed E-state index contributed by atoms with van der Waals surface area (Å²) in [5.74, 6) is 0.982. The van der Waals surface area contributed by atoms with Gasteiger partial charge < -0.3 is 4.57 Å². The molecular weight excluding hydrogens is 289 g/mol. The number of aromatic nitrogens is 1. The summed E-state index contributed by atoms with van der Waals surface area (Å²) in [7, 11) is 0. The molecule has 0 radical (unpaired) electrons. The molecule has 22 heavy (non-hydrogen) atoms. The Kier molecular flexibility index (Phi) is 2.81. The number of nitriles is 1. The van der Waals surface area contributed by atoms with Gasteiger partial charge in [-0.2, -0.15) is 18.4 Å². The molecule has 5 heteroatoms. The predicted molar refractivity (Wildman–Crippen MR) is 76.4 cm³/mol. The molecule has 2 aliphatic carbocycles. The van der Waals surface area contributed by atoms with Crippen molar-refractivity contribution in [2.45, 2.75) is 44.3 Å². The van der Waals surface area contributed by atoms with Gasteiger partial charge in [-0.3, -0.25) is 0 Å². The highest BCUT2D eigenvalue weighted by atomic mass is 19.4. The van der Waals surface area contributed by atoms with Crippen LogP contribution in [0.4, 0.5) is 13.2 Å². The first-order valence-corrected chi connectivity index (χ1v) is 7.62. The van der Waals surface area contributed by atoms with Crippen molar-refractivity contribution in [1.29, 1.82) is 5.26 Å². The molecule has 4 rings (SSSR count). The van der Waals surface area contributed by atoms with Crippen LogP contribution in [-0.4, -0.2) is 4.57 Å². The van der Waals surface area contributed by atoms with Crippen LogP contribution < -0.4 is 0 Å². The van der Waals surface area contributed by atoms with Crippen LogP contribution in [0.2, 0.25) is 0 Å². The Labute approximate surface area is 126 Å². The molecule has 114 valence electrons. The average molecular weight is 304 g/mol. The van der Waals surface area contributed by atoms with Gasteiger partial charge in [-0.05, 0) is 55.7 Å². The zero-order valence-electron chi connectivity index (χ0n) is 12.0. The molecule has 2 fully saturated rings. The summed E-state index contributed by atoms with van der Waals surface area (Å²) < 4.78 is 42.4. The lowest BCUT2D eigenvalue weighted by molar-refractivity contribution is -0.136. The van der Waals surface area contributed by atoms with Crippen LogP contribution in [0.1, 0.15) is 48.4 Å². The lowest BCUT2D eigenvalue weighted by atomic mass is 10.0. The van der Waals surface area contributed by atoms with Gasteiger partial charge in [0.05, 0.1) is 17.2 Å². The van der Waals surface area contributed by atoms with E-state index in [1.165, 1.54) is 6.07 Å². The Morgan fingerprint density at radius 2 is 1.91 bits per heavy atom. The summed E-state index contributed by atoms with van der Waals surface area (Å²) >= 11 is 0. The smallest absolute Gasteiger partial charge is 0.344 e. The second kappa shape index (κ2) is 4.52. The maximum atomic E-state index is 13.4. The van der Waals surface area contributed by atoms with Crippen molar-refractivity contribution in [3.8, 4) is 6.07 Å². The minimum atomic E-state index is -4.50. The van der Waals surface area contributed by atoms with E-state index in [1.54, 1.807) is 18.2 Å². The Balaban J connectivity index is 1.98. The van der Waals surface area contributed by atoms with Crippen LogP contribution in [0.15, 0.2) is 18.2 Å². The van der Waals surface area contributed by atoms with E-state index >= 15 is 0 Å². The highest BCUT2D eigenvalue weighted by Crippen LogP contribution is 2.46. The number of fused-ring (bicyclic) bond motifs is 1. The number of benzene rings is 1. The van der Waals surface area contributed by atoms with E-state index in [1.807, 2.05) is 0 Å². The van der Waals surface area contributed by atoms with Crippen molar-refractivity contribution in [3.05, 3.63) is 35.0 Å². The third-order valence-electron chi connectivity index (χ3n) is 4.65. The molecule has 2 aliphatic rings. The maximum absolute atomic E-state index is 13.4. The van der Waals surface area contributed by atoms with Gasteiger partial charge in [-0.1, -0.05) is 0 Å². The zero-order chi connectivity index (χ0) is 15.5. The van der Waals surface area contributed by atoms with E-state index in [9.17, 15) is 13.2 Å². The van der Waals surface area contributed by atoms with E-state index in [0.717, 1.165) is 37.9 Å². The molecule has 0 bridgehead atoms. The van der Waals surface area contributed by atoms with Gasteiger partial charge in [0.2, 0.25) is 0 Å². The molecule has 0 atom stereocenters. The third kappa shape index (κ3) is 2.18. The molecular formula is C17H15F3N2. The maximum Gasteiger partial charge on any atom is 0.418 e. The summed E-state index contributed by atoms with van der Waals surface area (Å²) in [6, 6.07) is 6.36. The monoisotopic (exact) mass is 304 g/mol. The SMILES string of the molecule is N#Cc1ccc2c(cc(C3CC3)n2CC2CC2)c1C(F)(F)F. The lowest BCUT2D eigenvalue weighted by Gasteiger charge is -2.12. The second-order valence-electron chi connectivity index (χ2n) is 6.43. The van der Waals surface area contributed by atoms with E-state index in [2.05, 4.69) is 4.57 Å². The third-order valence-corrected chi connectivity index (χ3v) is 4.65. The number of nitrogens with zero attached hydrogens (tertiary/aromatic N) is 2. The molecule has 0 unspecified atom stereocenters. The van der Waals surface area contributed by atoms with Crippen molar-refractivity contribution < 1.29 is 13.2 Å². The van der Waals surface area contributed by atoms with Gasteiger partial charge in [-0.25, -0.2) is 0 Å². The molecule has 2 aromatic rings. The fourth-order valence-corrected chi connectivity index (χ4v) is 3.23. The highest BCUT2D eigenvalue weighted by molar-refractivity contribution is 5.87. The van der Waals surface area contributed by atoms with Gasteiger partial charge in [0, 0.05) is 23.1 Å². The number of halogens is 3. The van der Waals surface area contributed by atoms with Crippen molar-refractivity contribution in [2.24, 2.45) is 5.92 Å². The molecule has 0 aliphatic heterocycles. The minimum Gasteiger partial charge on any atom is -0.344 e. The van der Waals surface area contributed by atoms with Crippen molar-refractivity contribution in [3.63, 3.8) is 0 Å². The van der Waals surface area contributed by atoms with Crippen LogP contribution in [0, 0.1) is 17.2 Å². The normalized spacial score (nSPS) is 18.6. The average Bonchev–Trinajstić information content (AvgIpc) is 3.35. The molecule has 2 nitrogen and oxygen atoms in total. The van der Waals surface area contributed by atoms with Gasteiger partial charge in [-0.15, -0.1) is 0 Å². The fourth-order valence-electron chi connectivity index (χ4n) is 3.23. The van der Waals surface area contributed by atoms with Crippen molar-refractivity contribution >= 4 is 10.9 Å². The first-order chi connectivity index (χ1) is 10.5. The topological polar surface area (TPSA) is 28.7 Å². The predicted octanol–water partition coefficient (Wildman–Crippen LogP) is 4.82. The number of rotatable bonds is 3. The Morgan fingerprint density at radius 1 is 1.18 bits per heavy atom. The number of alkyl halides is 3. The molecule has 0 amide bonds. The fraction of sp³-hybridized carbons (Fsp3) is 0.471. The van der Waals surface area contributed by atoms with E-state index in [0.29, 0.717) is 17.4 Å². The van der Waals surface area contributed by atoms with Gasteiger partial charge in [0.25, 0.3) is 0 Å². The van der Waals surface area contributed by atoms with Crippen molar-refractivity contribution in [1.82, 2.24) is 4.57 Å². The van der Waals surface area contributed by atoms with Gasteiger partial charge in [0.1, 0.15) is 0 Å².